The van der Waals surface area contributed by atoms with E-state index in [9.17, 15) is 4.79 Å². The summed E-state index contributed by atoms with van der Waals surface area (Å²) in [7, 11) is 0. The number of H-pyrrole nitrogens is 1. The van der Waals surface area contributed by atoms with Gasteiger partial charge in [0.25, 0.3) is 0 Å². The van der Waals surface area contributed by atoms with E-state index in [4.69, 9.17) is 5.11 Å². The Bertz CT molecular complexity index is 277. The topological polar surface area (TPSA) is 53.1 Å². The number of rotatable bonds is 1. The molecule has 3 heteroatoms. The average molecular weight is 139 g/mol. The summed E-state index contributed by atoms with van der Waals surface area (Å²) in [6.07, 6.45) is 1.57. The van der Waals surface area contributed by atoms with Crippen LogP contribution in [0.4, 0.5) is 0 Å². The van der Waals surface area contributed by atoms with Crippen LogP contribution in [0.1, 0.15) is 11.3 Å². The molecular formula is C7H9NO2. The van der Waals surface area contributed by atoms with E-state index < -0.39 is 0 Å². The normalized spacial score (nSPS) is 9.80. The van der Waals surface area contributed by atoms with Crippen molar-refractivity contribution in [1.82, 2.24) is 4.98 Å². The minimum absolute atomic E-state index is 0.112. The number of aliphatic hydroxyl groups is 1. The maximum atomic E-state index is 10.9. The van der Waals surface area contributed by atoms with Crippen molar-refractivity contribution in [2.45, 2.75) is 13.5 Å². The molecule has 1 aromatic heterocycles. The minimum Gasteiger partial charge on any atom is -0.391 e. The van der Waals surface area contributed by atoms with Crippen molar-refractivity contribution >= 4 is 0 Å². The molecular weight excluding hydrogens is 130 g/mol. The van der Waals surface area contributed by atoms with Gasteiger partial charge < -0.3 is 10.1 Å². The van der Waals surface area contributed by atoms with Gasteiger partial charge in [-0.15, -0.1) is 0 Å². The Balaban J connectivity index is 3.31. The monoisotopic (exact) mass is 139 g/mol. The first kappa shape index (κ1) is 7.02. The smallest absolute Gasteiger partial charge is 0.187 e. The zero-order chi connectivity index (χ0) is 7.56. The van der Waals surface area contributed by atoms with Crippen LogP contribution in [0.3, 0.4) is 0 Å². The first-order valence-corrected chi connectivity index (χ1v) is 3.03. The van der Waals surface area contributed by atoms with Crippen molar-refractivity contribution in [3.05, 3.63) is 33.7 Å². The van der Waals surface area contributed by atoms with Gasteiger partial charge in [-0.25, -0.2) is 0 Å². The molecule has 10 heavy (non-hydrogen) atoms. The largest absolute Gasteiger partial charge is 0.391 e. The molecule has 0 aliphatic carbocycles. The molecule has 0 bridgehead atoms. The standard InChI is InChI=1S/C7H9NO2/c1-5-6(4-9)7(10)2-3-8-5/h2-3,9H,4H2,1H3,(H,8,10). The van der Waals surface area contributed by atoms with E-state index in [2.05, 4.69) is 4.98 Å². The highest BCUT2D eigenvalue weighted by molar-refractivity contribution is 5.17. The van der Waals surface area contributed by atoms with Crippen molar-refractivity contribution in [3.63, 3.8) is 0 Å². The van der Waals surface area contributed by atoms with Gasteiger partial charge in [0.05, 0.1) is 6.61 Å². The molecule has 0 atom stereocenters. The number of aromatic nitrogens is 1. The Morgan fingerprint density at radius 2 is 2.40 bits per heavy atom. The quantitative estimate of drug-likeness (QED) is 0.583. The highest BCUT2D eigenvalue weighted by Gasteiger charge is 1.98. The SMILES string of the molecule is Cc1[nH]ccc(=O)c1CO. The number of aromatic amines is 1. The molecule has 0 saturated heterocycles. The summed E-state index contributed by atoms with van der Waals surface area (Å²) in [5, 5.41) is 8.68. The Morgan fingerprint density at radius 1 is 1.70 bits per heavy atom. The van der Waals surface area contributed by atoms with Crippen LogP contribution in [0.25, 0.3) is 0 Å². The van der Waals surface area contributed by atoms with Crippen LogP contribution in [-0.2, 0) is 6.61 Å². The third kappa shape index (κ3) is 1.09. The number of aryl methyl sites for hydroxylation is 1. The number of hydrogen-bond donors (Lipinski definition) is 2. The van der Waals surface area contributed by atoms with E-state index >= 15 is 0 Å². The Labute approximate surface area is 58.3 Å². The summed E-state index contributed by atoms with van der Waals surface area (Å²) in [5.74, 6) is 0. The van der Waals surface area contributed by atoms with Crippen LogP contribution in [0.2, 0.25) is 0 Å². The zero-order valence-corrected chi connectivity index (χ0v) is 5.72. The van der Waals surface area contributed by atoms with Crippen molar-refractivity contribution < 1.29 is 5.11 Å². The Kier molecular flexibility index (Phi) is 1.87. The lowest BCUT2D eigenvalue weighted by molar-refractivity contribution is 0.279. The molecule has 0 radical (unpaired) electrons. The molecule has 0 unspecified atom stereocenters. The maximum Gasteiger partial charge on any atom is 0.187 e. The van der Waals surface area contributed by atoms with E-state index in [1.807, 2.05) is 0 Å². The first-order chi connectivity index (χ1) is 4.75. The van der Waals surface area contributed by atoms with Crippen LogP contribution in [0.15, 0.2) is 17.1 Å². The molecule has 1 rings (SSSR count). The van der Waals surface area contributed by atoms with Crippen molar-refractivity contribution in [3.8, 4) is 0 Å². The van der Waals surface area contributed by atoms with E-state index in [1.165, 1.54) is 6.07 Å². The highest BCUT2D eigenvalue weighted by atomic mass is 16.3. The van der Waals surface area contributed by atoms with Gasteiger partial charge in [0.2, 0.25) is 0 Å². The number of nitrogens with one attached hydrogen (secondary N) is 1. The van der Waals surface area contributed by atoms with Gasteiger partial charge in [0, 0.05) is 23.5 Å². The van der Waals surface area contributed by atoms with Gasteiger partial charge >= 0.3 is 0 Å². The number of pyridine rings is 1. The maximum absolute atomic E-state index is 10.9. The third-order valence-electron chi connectivity index (χ3n) is 1.44. The molecule has 0 spiro atoms. The van der Waals surface area contributed by atoms with Gasteiger partial charge in [0.1, 0.15) is 0 Å². The second-order valence-corrected chi connectivity index (χ2v) is 2.10. The molecule has 1 aromatic rings. The molecule has 0 fully saturated rings. The fraction of sp³-hybridized carbons (Fsp3) is 0.286. The summed E-state index contributed by atoms with van der Waals surface area (Å²) < 4.78 is 0. The molecule has 2 N–H and O–H groups in total. The van der Waals surface area contributed by atoms with Crippen LogP contribution in [0, 0.1) is 6.92 Å². The fourth-order valence-corrected chi connectivity index (χ4v) is 0.811. The Hall–Kier alpha value is -1.09. The van der Waals surface area contributed by atoms with Gasteiger partial charge in [-0.1, -0.05) is 0 Å². The second kappa shape index (κ2) is 2.66. The molecule has 0 saturated carbocycles. The predicted molar refractivity (Wildman–Crippen MR) is 37.7 cm³/mol. The summed E-state index contributed by atoms with van der Waals surface area (Å²) in [4.78, 5) is 13.7. The van der Waals surface area contributed by atoms with Gasteiger partial charge in [-0.05, 0) is 6.92 Å². The van der Waals surface area contributed by atoms with Crippen LogP contribution in [0.5, 0.6) is 0 Å². The summed E-state index contributed by atoms with van der Waals surface area (Å²) in [5.41, 5.74) is 1.07. The van der Waals surface area contributed by atoms with Gasteiger partial charge in [-0.3, -0.25) is 4.79 Å². The third-order valence-corrected chi connectivity index (χ3v) is 1.44. The van der Waals surface area contributed by atoms with Crippen molar-refractivity contribution in [1.29, 1.82) is 0 Å². The number of hydrogen-bond acceptors (Lipinski definition) is 2. The van der Waals surface area contributed by atoms with E-state index in [-0.39, 0.29) is 12.0 Å². The van der Waals surface area contributed by atoms with E-state index in [1.54, 1.807) is 13.1 Å². The number of aliphatic hydroxyl groups excluding tert-OH is 1. The average Bonchev–Trinajstić information content (AvgIpc) is 1.88. The lowest BCUT2D eigenvalue weighted by Crippen LogP contribution is -2.10. The van der Waals surface area contributed by atoms with Gasteiger partial charge in [0.15, 0.2) is 5.43 Å². The van der Waals surface area contributed by atoms with E-state index in [0.717, 1.165) is 5.69 Å². The predicted octanol–water partition coefficient (Wildman–Crippen LogP) is 0.176. The molecule has 0 aliphatic rings. The van der Waals surface area contributed by atoms with Crippen molar-refractivity contribution in [2.24, 2.45) is 0 Å². The van der Waals surface area contributed by atoms with Crippen LogP contribution < -0.4 is 5.43 Å². The second-order valence-electron chi connectivity index (χ2n) is 2.10. The highest BCUT2D eigenvalue weighted by Crippen LogP contribution is 1.95. The summed E-state index contributed by atoms with van der Waals surface area (Å²) >= 11 is 0. The van der Waals surface area contributed by atoms with Gasteiger partial charge in [-0.2, -0.15) is 0 Å². The van der Waals surface area contributed by atoms with Crippen molar-refractivity contribution in [2.75, 3.05) is 0 Å². The molecule has 1 heterocycles. The lowest BCUT2D eigenvalue weighted by atomic mass is 10.2. The van der Waals surface area contributed by atoms with E-state index in [0.29, 0.717) is 5.56 Å². The fourth-order valence-electron chi connectivity index (χ4n) is 0.811. The zero-order valence-electron chi connectivity index (χ0n) is 5.72. The molecule has 0 aliphatic heterocycles. The summed E-state index contributed by atoms with van der Waals surface area (Å²) in [6, 6.07) is 1.40. The Morgan fingerprint density at radius 3 is 2.80 bits per heavy atom. The lowest BCUT2D eigenvalue weighted by Gasteiger charge is -1.97. The van der Waals surface area contributed by atoms with Crippen LogP contribution in [-0.4, -0.2) is 10.1 Å². The molecule has 54 valence electrons. The van der Waals surface area contributed by atoms with Crippen LogP contribution >= 0.6 is 0 Å². The molecule has 0 aromatic carbocycles. The first-order valence-electron chi connectivity index (χ1n) is 3.03. The molecule has 3 nitrogen and oxygen atoms in total. The minimum atomic E-state index is -0.192. The summed E-state index contributed by atoms with van der Waals surface area (Å²) in [6.45, 7) is 1.56. The molecule has 0 amide bonds.